The lowest BCUT2D eigenvalue weighted by Gasteiger charge is -2.21. The number of benzene rings is 1. The molecular formula is C16H17ClN2O3S. The summed E-state index contributed by atoms with van der Waals surface area (Å²) in [6.45, 7) is 3.66. The Balaban J connectivity index is 2.12. The summed E-state index contributed by atoms with van der Waals surface area (Å²) in [4.78, 5) is 25.1. The van der Waals surface area contributed by atoms with Crippen LogP contribution in [0.1, 0.15) is 23.5 Å². The van der Waals surface area contributed by atoms with Crippen molar-refractivity contribution in [3.8, 4) is 5.75 Å². The Morgan fingerprint density at radius 1 is 1.26 bits per heavy atom. The van der Waals surface area contributed by atoms with E-state index in [-0.39, 0.29) is 23.3 Å². The number of hydrogen-bond acceptors (Lipinski definition) is 4. The Hall–Kier alpha value is -2.05. The molecule has 1 unspecified atom stereocenters. The van der Waals surface area contributed by atoms with Crippen LogP contribution in [0.4, 0.5) is 5.69 Å². The average Bonchev–Trinajstić information content (AvgIpc) is 3.02. The number of aromatic hydroxyl groups is 1. The van der Waals surface area contributed by atoms with Crippen LogP contribution >= 0.6 is 22.9 Å². The third-order valence-electron chi connectivity index (χ3n) is 3.20. The average molecular weight is 353 g/mol. The number of amides is 2. The van der Waals surface area contributed by atoms with Gasteiger partial charge >= 0.3 is 0 Å². The number of anilines is 1. The minimum Gasteiger partial charge on any atom is -0.506 e. The molecule has 0 fully saturated rings. The molecule has 1 aromatic carbocycles. The van der Waals surface area contributed by atoms with E-state index >= 15 is 0 Å². The van der Waals surface area contributed by atoms with Crippen LogP contribution in [-0.4, -0.2) is 23.0 Å². The second kappa shape index (κ2) is 7.48. The van der Waals surface area contributed by atoms with E-state index in [0.717, 1.165) is 0 Å². The van der Waals surface area contributed by atoms with E-state index in [1.165, 1.54) is 29.5 Å². The maximum atomic E-state index is 12.4. The number of phenols is 1. The third-order valence-corrected chi connectivity index (χ3v) is 4.30. The van der Waals surface area contributed by atoms with Crippen molar-refractivity contribution in [1.29, 1.82) is 0 Å². The van der Waals surface area contributed by atoms with Crippen molar-refractivity contribution in [2.75, 3.05) is 5.32 Å². The lowest BCUT2D eigenvalue weighted by atomic mass is 10.0. The fraction of sp³-hybridized carbons (Fsp3) is 0.250. The van der Waals surface area contributed by atoms with Crippen LogP contribution in [0.15, 0.2) is 35.7 Å². The zero-order valence-corrected chi connectivity index (χ0v) is 14.2. The van der Waals surface area contributed by atoms with Crippen molar-refractivity contribution in [3.05, 3.63) is 45.6 Å². The second-order valence-electron chi connectivity index (χ2n) is 5.32. The molecule has 0 aliphatic heterocycles. The SMILES string of the molecule is CC(C)C(NC(=O)c1cccs1)C(=O)Nc1cc(Cl)ccc1O. The number of halogens is 1. The normalized spacial score (nSPS) is 12.0. The summed E-state index contributed by atoms with van der Waals surface area (Å²) in [5.74, 6) is -0.929. The summed E-state index contributed by atoms with van der Waals surface area (Å²) in [5.41, 5.74) is 0.207. The summed E-state index contributed by atoms with van der Waals surface area (Å²) < 4.78 is 0. The highest BCUT2D eigenvalue weighted by Gasteiger charge is 2.25. The molecule has 1 atom stereocenters. The lowest BCUT2D eigenvalue weighted by Crippen LogP contribution is -2.46. The number of nitrogens with one attached hydrogen (secondary N) is 2. The molecule has 0 spiro atoms. The maximum absolute atomic E-state index is 12.4. The zero-order valence-electron chi connectivity index (χ0n) is 12.7. The van der Waals surface area contributed by atoms with Crippen molar-refractivity contribution in [1.82, 2.24) is 5.32 Å². The molecule has 1 aromatic heterocycles. The van der Waals surface area contributed by atoms with E-state index in [1.54, 1.807) is 17.5 Å². The van der Waals surface area contributed by atoms with Crippen LogP contribution in [0.2, 0.25) is 5.02 Å². The molecule has 2 aromatic rings. The predicted octanol–water partition coefficient (Wildman–Crippen LogP) is 3.50. The minimum atomic E-state index is -0.733. The molecule has 0 bridgehead atoms. The molecule has 1 heterocycles. The molecule has 3 N–H and O–H groups in total. The highest BCUT2D eigenvalue weighted by atomic mass is 35.5. The van der Waals surface area contributed by atoms with Gasteiger partial charge in [0.25, 0.3) is 5.91 Å². The fourth-order valence-electron chi connectivity index (χ4n) is 1.97. The van der Waals surface area contributed by atoms with Gasteiger partial charge in [0.05, 0.1) is 10.6 Å². The Labute approximate surface area is 143 Å². The molecule has 23 heavy (non-hydrogen) atoms. The second-order valence-corrected chi connectivity index (χ2v) is 6.71. The summed E-state index contributed by atoms with van der Waals surface area (Å²) >= 11 is 7.17. The van der Waals surface area contributed by atoms with E-state index in [4.69, 9.17) is 11.6 Å². The van der Waals surface area contributed by atoms with Crippen LogP contribution < -0.4 is 10.6 Å². The summed E-state index contributed by atoms with van der Waals surface area (Å²) in [6.07, 6.45) is 0. The van der Waals surface area contributed by atoms with E-state index in [0.29, 0.717) is 9.90 Å². The first-order valence-corrected chi connectivity index (χ1v) is 8.28. The van der Waals surface area contributed by atoms with Crippen molar-refractivity contribution in [3.63, 3.8) is 0 Å². The number of hydrogen-bond donors (Lipinski definition) is 3. The number of rotatable bonds is 5. The molecule has 5 nitrogen and oxygen atoms in total. The highest BCUT2D eigenvalue weighted by Crippen LogP contribution is 2.27. The molecule has 2 amide bonds. The van der Waals surface area contributed by atoms with Gasteiger partial charge in [-0.3, -0.25) is 9.59 Å². The molecule has 2 rings (SSSR count). The van der Waals surface area contributed by atoms with E-state index in [1.807, 2.05) is 13.8 Å². The van der Waals surface area contributed by atoms with E-state index in [9.17, 15) is 14.7 Å². The molecule has 7 heteroatoms. The van der Waals surface area contributed by atoms with Crippen LogP contribution in [-0.2, 0) is 4.79 Å². The van der Waals surface area contributed by atoms with Crippen LogP contribution in [0, 0.1) is 5.92 Å². The summed E-state index contributed by atoms with van der Waals surface area (Å²) in [6, 6.07) is 7.10. The number of carbonyl (C=O) groups is 2. The first kappa shape index (κ1) is 17.3. The zero-order chi connectivity index (χ0) is 17.0. The van der Waals surface area contributed by atoms with Gasteiger partial charge in [-0.25, -0.2) is 0 Å². The van der Waals surface area contributed by atoms with Gasteiger partial charge in [0, 0.05) is 5.02 Å². The smallest absolute Gasteiger partial charge is 0.262 e. The van der Waals surface area contributed by atoms with Gasteiger partial charge in [-0.15, -0.1) is 11.3 Å². The van der Waals surface area contributed by atoms with Gasteiger partial charge in [-0.05, 0) is 35.6 Å². The predicted molar refractivity (Wildman–Crippen MR) is 92.2 cm³/mol. The van der Waals surface area contributed by atoms with Gasteiger partial charge in [0.2, 0.25) is 5.91 Å². The lowest BCUT2D eigenvalue weighted by molar-refractivity contribution is -0.118. The van der Waals surface area contributed by atoms with Gasteiger partial charge in [0.1, 0.15) is 11.8 Å². The van der Waals surface area contributed by atoms with Crippen molar-refractivity contribution < 1.29 is 14.7 Å². The first-order valence-electron chi connectivity index (χ1n) is 7.02. The molecule has 122 valence electrons. The monoisotopic (exact) mass is 352 g/mol. The van der Waals surface area contributed by atoms with Crippen LogP contribution in [0.5, 0.6) is 5.75 Å². The third kappa shape index (κ3) is 4.46. The molecule has 0 saturated carbocycles. The first-order chi connectivity index (χ1) is 10.9. The number of phenolic OH excluding ortho intramolecular Hbond substituents is 1. The minimum absolute atomic E-state index is 0.0881. The Morgan fingerprint density at radius 3 is 2.61 bits per heavy atom. The molecule has 0 aliphatic rings. The van der Waals surface area contributed by atoms with Gasteiger partial charge < -0.3 is 15.7 Å². The van der Waals surface area contributed by atoms with Crippen molar-refractivity contribution >= 4 is 40.4 Å². The molecule has 0 radical (unpaired) electrons. The molecular weight excluding hydrogens is 336 g/mol. The number of carbonyl (C=O) groups excluding carboxylic acids is 2. The summed E-state index contributed by atoms with van der Waals surface area (Å²) in [7, 11) is 0. The van der Waals surface area contributed by atoms with E-state index < -0.39 is 11.9 Å². The molecule has 0 saturated heterocycles. The van der Waals surface area contributed by atoms with E-state index in [2.05, 4.69) is 10.6 Å². The van der Waals surface area contributed by atoms with Crippen LogP contribution in [0.25, 0.3) is 0 Å². The largest absolute Gasteiger partial charge is 0.506 e. The quantitative estimate of drug-likeness (QED) is 0.720. The van der Waals surface area contributed by atoms with Gasteiger partial charge in [-0.2, -0.15) is 0 Å². The highest BCUT2D eigenvalue weighted by molar-refractivity contribution is 7.12. The summed E-state index contributed by atoms with van der Waals surface area (Å²) in [5, 5.41) is 17.3. The maximum Gasteiger partial charge on any atom is 0.262 e. The van der Waals surface area contributed by atoms with Crippen molar-refractivity contribution in [2.24, 2.45) is 5.92 Å². The topological polar surface area (TPSA) is 78.4 Å². The van der Waals surface area contributed by atoms with Gasteiger partial charge in [-0.1, -0.05) is 31.5 Å². The standard InChI is InChI=1S/C16H17ClN2O3S/c1-9(2)14(19-15(21)13-4-3-7-23-13)16(22)18-11-8-10(17)5-6-12(11)20/h3-9,14,20H,1-2H3,(H,18,22)(H,19,21). The number of thiophene rings is 1. The Morgan fingerprint density at radius 2 is 2.00 bits per heavy atom. The van der Waals surface area contributed by atoms with Crippen molar-refractivity contribution in [2.45, 2.75) is 19.9 Å². The molecule has 0 aliphatic carbocycles. The van der Waals surface area contributed by atoms with Crippen LogP contribution in [0.3, 0.4) is 0 Å². The fourth-order valence-corrected chi connectivity index (χ4v) is 2.77. The van der Waals surface area contributed by atoms with Gasteiger partial charge in [0.15, 0.2) is 0 Å². The Kier molecular flexibility index (Phi) is 5.63. The Bertz CT molecular complexity index is 701.